The minimum atomic E-state index is -0.418. The largest absolute Gasteiger partial charge is 0.389 e. The highest BCUT2D eigenvalue weighted by atomic mass is 16.5. The van der Waals surface area contributed by atoms with Crippen molar-refractivity contribution in [2.75, 3.05) is 26.2 Å². The zero-order chi connectivity index (χ0) is 17.2. The van der Waals surface area contributed by atoms with Crippen molar-refractivity contribution in [3.05, 3.63) is 34.2 Å². The van der Waals surface area contributed by atoms with Gasteiger partial charge in [0.25, 0.3) is 5.56 Å². The minimum absolute atomic E-state index is 0.126. The third-order valence-corrected chi connectivity index (χ3v) is 6.10. The van der Waals surface area contributed by atoms with Gasteiger partial charge in [-0.25, -0.2) is 0 Å². The number of hydrogen-bond acceptors (Lipinski definition) is 4. The van der Waals surface area contributed by atoms with Crippen LogP contribution < -0.4 is 5.56 Å². The Morgan fingerprint density at radius 2 is 2.00 bits per heavy atom. The molecule has 5 heteroatoms. The average molecular weight is 346 g/mol. The van der Waals surface area contributed by atoms with E-state index in [1.807, 2.05) is 10.6 Å². The number of rotatable bonds is 5. The number of nitrogens with zero attached hydrogens (tertiary/aromatic N) is 2. The van der Waals surface area contributed by atoms with Crippen LogP contribution in [0.1, 0.15) is 50.1 Å². The van der Waals surface area contributed by atoms with Gasteiger partial charge in [0.1, 0.15) is 0 Å². The van der Waals surface area contributed by atoms with Crippen LogP contribution in [-0.2, 0) is 11.3 Å². The maximum Gasteiger partial charge on any atom is 0.250 e. The van der Waals surface area contributed by atoms with Gasteiger partial charge in [0.05, 0.1) is 18.8 Å². The van der Waals surface area contributed by atoms with Crippen LogP contribution in [0.3, 0.4) is 0 Å². The summed E-state index contributed by atoms with van der Waals surface area (Å²) in [6.45, 7) is 3.85. The first-order chi connectivity index (χ1) is 12.2. The van der Waals surface area contributed by atoms with E-state index in [1.54, 1.807) is 6.07 Å². The second kappa shape index (κ2) is 7.60. The zero-order valence-corrected chi connectivity index (χ0v) is 15.0. The van der Waals surface area contributed by atoms with E-state index in [1.165, 1.54) is 25.0 Å². The fourth-order valence-electron chi connectivity index (χ4n) is 4.97. The summed E-state index contributed by atoms with van der Waals surface area (Å²) in [6, 6.07) is 5.63. The Morgan fingerprint density at radius 1 is 1.16 bits per heavy atom. The number of piperidine rings is 1. The van der Waals surface area contributed by atoms with Crippen molar-refractivity contribution in [3.63, 3.8) is 0 Å². The van der Waals surface area contributed by atoms with Crippen LogP contribution in [0.5, 0.6) is 0 Å². The lowest BCUT2D eigenvalue weighted by Crippen LogP contribution is -2.49. The molecule has 1 aromatic heterocycles. The first-order valence-electron chi connectivity index (χ1n) is 9.91. The molecule has 138 valence electrons. The molecule has 3 heterocycles. The summed E-state index contributed by atoms with van der Waals surface area (Å²) < 4.78 is 7.89. The molecular weight excluding hydrogens is 316 g/mol. The highest BCUT2D eigenvalue weighted by Gasteiger charge is 2.34. The number of likely N-dealkylation sites (tertiary alicyclic amines) is 1. The predicted octanol–water partition coefficient (Wildman–Crippen LogP) is 1.98. The molecule has 1 saturated carbocycles. The number of aliphatic hydroxyl groups excluding tert-OH is 1. The summed E-state index contributed by atoms with van der Waals surface area (Å²) in [7, 11) is 0. The molecule has 1 aromatic rings. The fourth-order valence-corrected chi connectivity index (χ4v) is 4.97. The van der Waals surface area contributed by atoms with Gasteiger partial charge in [-0.05, 0) is 31.2 Å². The van der Waals surface area contributed by atoms with Gasteiger partial charge in [0, 0.05) is 43.9 Å². The first-order valence-corrected chi connectivity index (χ1v) is 9.91. The van der Waals surface area contributed by atoms with Crippen LogP contribution in [-0.4, -0.2) is 53.0 Å². The molecule has 1 saturated heterocycles. The molecule has 3 unspecified atom stereocenters. The van der Waals surface area contributed by atoms with E-state index in [9.17, 15) is 9.90 Å². The Hall–Kier alpha value is -1.17. The number of ether oxygens (including phenoxy) is 1. The van der Waals surface area contributed by atoms with Gasteiger partial charge < -0.3 is 14.4 Å². The molecule has 0 radical (unpaired) electrons. The third-order valence-electron chi connectivity index (χ3n) is 6.10. The molecule has 0 aromatic carbocycles. The first kappa shape index (κ1) is 17.3. The van der Waals surface area contributed by atoms with Crippen molar-refractivity contribution in [1.29, 1.82) is 0 Å². The molecule has 1 aliphatic carbocycles. The van der Waals surface area contributed by atoms with Crippen molar-refractivity contribution in [1.82, 2.24) is 9.47 Å². The molecule has 2 aliphatic heterocycles. The quantitative estimate of drug-likeness (QED) is 0.886. The van der Waals surface area contributed by atoms with Crippen molar-refractivity contribution in [3.8, 4) is 0 Å². The summed E-state index contributed by atoms with van der Waals surface area (Å²) >= 11 is 0. The van der Waals surface area contributed by atoms with Crippen LogP contribution in [0.4, 0.5) is 0 Å². The molecule has 0 amide bonds. The van der Waals surface area contributed by atoms with E-state index in [0.717, 1.165) is 38.9 Å². The van der Waals surface area contributed by atoms with Gasteiger partial charge >= 0.3 is 0 Å². The van der Waals surface area contributed by atoms with E-state index in [4.69, 9.17) is 4.74 Å². The van der Waals surface area contributed by atoms with E-state index >= 15 is 0 Å². The number of aromatic nitrogens is 1. The van der Waals surface area contributed by atoms with Crippen molar-refractivity contribution in [2.24, 2.45) is 5.92 Å². The highest BCUT2D eigenvalue weighted by Crippen LogP contribution is 2.34. The normalized spacial score (nSPS) is 28.5. The van der Waals surface area contributed by atoms with Crippen LogP contribution in [0.2, 0.25) is 0 Å². The van der Waals surface area contributed by atoms with Gasteiger partial charge in [0.2, 0.25) is 0 Å². The van der Waals surface area contributed by atoms with Crippen LogP contribution in [0.15, 0.2) is 23.0 Å². The van der Waals surface area contributed by atoms with E-state index in [2.05, 4.69) is 11.0 Å². The maximum absolute atomic E-state index is 12.1. The Bertz CT molecular complexity index is 638. The van der Waals surface area contributed by atoms with Crippen LogP contribution in [0, 0.1) is 5.92 Å². The Kier molecular flexibility index (Phi) is 5.25. The van der Waals surface area contributed by atoms with Gasteiger partial charge in [-0.2, -0.15) is 0 Å². The fraction of sp³-hybridized carbons (Fsp3) is 0.750. The van der Waals surface area contributed by atoms with Crippen LogP contribution >= 0.6 is 0 Å². The van der Waals surface area contributed by atoms with Crippen molar-refractivity contribution < 1.29 is 9.84 Å². The third kappa shape index (κ3) is 3.99. The van der Waals surface area contributed by atoms with Crippen LogP contribution in [0.25, 0.3) is 0 Å². The molecule has 0 spiro atoms. The summed E-state index contributed by atoms with van der Waals surface area (Å²) in [5, 5.41) is 10.4. The van der Waals surface area contributed by atoms with E-state index < -0.39 is 6.10 Å². The lowest BCUT2D eigenvalue weighted by Gasteiger charge is -2.43. The number of hydrogen-bond donors (Lipinski definition) is 1. The highest BCUT2D eigenvalue weighted by molar-refractivity contribution is 5.16. The predicted molar refractivity (Wildman–Crippen MR) is 96.8 cm³/mol. The molecule has 3 atom stereocenters. The Labute approximate surface area is 149 Å². The number of fused-ring (bicyclic) bond motifs is 4. The van der Waals surface area contributed by atoms with E-state index in [-0.39, 0.29) is 5.56 Å². The SMILES string of the molecule is O=c1cccc2n1CC1CC2CN(CC(O)COC2CCCCC2)C1. The van der Waals surface area contributed by atoms with Gasteiger partial charge in [-0.1, -0.05) is 25.3 Å². The molecule has 25 heavy (non-hydrogen) atoms. The lowest BCUT2D eigenvalue weighted by molar-refractivity contribution is -0.0388. The Morgan fingerprint density at radius 3 is 2.84 bits per heavy atom. The molecule has 3 aliphatic rings. The van der Waals surface area contributed by atoms with Gasteiger partial charge in [-0.3, -0.25) is 9.69 Å². The molecular formula is C20H30N2O3. The summed E-state index contributed by atoms with van der Waals surface area (Å²) in [4.78, 5) is 14.5. The minimum Gasteiger partial charge on any atom is -0.389 e. The molecule has 5 nitrogen and oxygen atoms in total. The number of pyridine rings is 1. The number of β-amino-alcohol motifs (C(OH)–C–C–N with tert-alkyl or cyclic N) is 1. The maximum atomic E-state index is 12.1. The lowest BCUT2D eigenvalue weighted by atomic mass is 9.83. The monoisotopic (exact) mass is 346 g/mol. The van der Waals surface area contributed by atoms with Crippen molar-refractivity contribution in [2.45, 2.75) is 63.2 Å². The average Bonchev–Trinajstić information content (AvgIpc) is 2.62. The van der Waals surface area contributed by atoms with Crippen molar-refractivity contribution >= 4 is 0 Å². The number of aliphatic hydroxyl groups is 1. The van der Waals surface area contributed by atoms with Gasteiger partial charge in [0.15, 0.2) is 0 Å². The zero-order valence-electron chi connectivity index (χ0n) is 15.0. The summed E-state index contributed by atoms with van der Waals surface area (Å²) in [5.74, 6) is 0.922. The molecule has 2 fully saturated rings. The molecule has 2 bridgehead atoms. The molecule has 4 rings (SSSR count). The second-order valence-corrected chi connectivity index (χ2v) is 8.16. The Balaban J connectivity index is 1.32. The van der Waals surface area contributed by atoms with E-state index in [0.29, 0.717) is 31.1 Å². The summed E-state index contributed by atoms with van der Waals surface area (Å²) in [6.07, 6.45) is 7.22. The summed E-state index contributed by atoms with van der Waals surface area (Å²) in [5.41, 5.74) is 1.29. The van der Waals surface area contributed by atoms with Gasteiger partial charge in [-0.15, -0.1) is 0 Å². The smallest absolute Gasteiger partial charge is 0.250 e. The second-order valence-electron chi connectivity index (χ2n) is 8.16. The topological polar surface area (TPSA) is 54.7 Å². The standard InChI is InChI=1S/C20H30N2O3/c23-17(14-25-18-5-2-1-3-6-18)13-21-10-15-9-16(12-21)19-7-4-8-20(24)22(19)11-15/h4,7-8,15-18,23H,1-3,5-6,9-14H2. The molecule has 1 N–H and O–H groups in total.